The van der Waals surface area contributed by atoms with Crippen LogP contribution >= 0.6 is 0 Å². The lowest BCUT2D eigenvalue weighted by atomic mass is 10.1. The van der Waals surface area contributed by atoms with Gasteiger partial charge in [-0.3, -0.25) is 4.98 Å². The van der Waals surface area contributed by atoms with Crippen LogP contribution in [-0.4, -0.2) is 23.9 Å². The number of rotatable bonds is 2. The summed E-state index contributed by atoms with van der Waals surface area (Å²) in [6.45, 7) is 4.07. The largest absolute Gasteiger partial charge is 0.496 e. The lowest BCUT2D eigenvalue weighted by molar-refractivity contribution is 0.174. The maximum Gasteiger partial charge on any atom is 0.231 e. The van der Waals surface area contributed by atoms with E-state index in [0.29, 0.717) is 17.2 Å². The highest BCUT2D eigenvalue weighted by atomic mass is 16.7. The molecule has 0 saturated carbocycles. The van der Waals surface area contributed by atoms with Gasteiger partial charge in [-0.25, -0.2) is 4.98 Å². The van der Waals surface area contributed by atoms with Crippen LogP contribution in [0.3, 0.4) is 0 Å². The molecule has 0 aliphatic carbocycles. The van der Waals surface area contributed by atoms with Crippen molar-refractivity contribution in [2.45, 2.75) is 13.8 Å². The molecule has 0 saturated heterocycles. The second-order valence-electron chi connectivity index (χ2n) is 4.35. The first kappa shape index (κ1) is 11.8. The molecule has 0 spiro atoms. The van der Waals surface area contributed by atoms with Crippen LogP contribution in [0.15, 0.2) is 18.3 Å². The highest BCUT2D eigenvalue weighted by Crippen LogP contribution is 2.42. The van der Waals surface area contributed by atoms with E-state index in [2.05, 4.69) is 9.97 Å². The highest BCUT2D eigenvalue weighted by Gasteiger charge is 2.20. The summed E-state index contributed by atoms with van der Waals surface area (Å²) in [6.07, 6.45) is 1.75. The van der Waals surface area contributed by atoms with Gasteiger partial charge < -0.3 is 14.2 Å². The first-order chi connectivity index (χ1) is 9.19. The summed E-state index contributed by atoms with van der Waals surface area (Å²) >= 11 is 0. The van der Waals surface area contributed by atoms with E-state index in [0.717, 1.165) is 22.6 Å². The Hall–Kier alpha value is -2.30. The Labute approximate surface area is 111 Å². The molecule has 1 aromatic heterocycles. The van der Waals surface area contributed by atoms with Crippen molar-refractivity contribution in [2.75, 3.05) is 13.9 Å². The van der Waals surface area contributed by atoms with E-state index in [4.69, 9.17) is 14.2 Å². The number of benzene rings is 1. The molecule has 98 valence electrons. The minimum atomic E-state index is 0.237. The second kappa shape index (κ2) is 4.42. The number of fused-ring (bicyclic) bond motifs is 1. The standard InChI is InChI=1S/C14H14N2O3/c1-8-6-15-9(2)14(16-8)10-4-12-13(19-7-18-12)5-11(10)17-3/h4-6H,7H2,1-3H3. The zero-order chi connectivity index (χ0) is 13.4. The summed E-state index contributed by atoms with van der Waals surface area (Å²) in [6, 6.07) is 3.71. The van der Waals surface area contributed by atoms with E-state index in [9.17, 15) is 0 Å². The van der Waals surface area contributed by atoms with Gasteiger partial charge in [0.1, 0.15) is 5.75 Å². The Bertz CT molecular complexity index is 641. The molecule has 0 amide bonds. The number of aryl methyl sites for hydroxylation is 2. The number of aromatic nitrogens is 2. The van der Waals surface area contributed by atoms with E-state index >= 15 is 0 Å². The molecule has 1 aromatic carbocycles. The Balaban J connectivity index is 2.21. The predicted molar refractivity (Wildman–Crippen MR) is 69.6 cm³/mol. The van der Waals surface area contributed by atoms with Crippen molar-refractivity contribution in [1.82, 2.24) is 9.97 Å². The highest BCUT2D eigenvalue weighted by molar-refractivity contribution is 5.73. The van der Waals surface area contributed by atoms with Gasteiger partial charge in [0.05, 0.1) is 24.2 Å². The lowest BCUT2D eigenvalue weighted by Gasteiger charge is -2.11. The third-order valence-electron chi connectivity index (χ3n) is 3.03. The zero-order valence-electron chi connectivity index (χ0n) is 11.1. The molecule has 0 atom stereocenters. The van der Waals surface area contributed by atoms with E-state index in [1.54, 1.807) is 13.3 Å². The monoisotopic (exact) mass is 258 g/mol. The molecule has 2 heterocycles. The van der Waals surface area contributed by atoms with Gasteiger partial charge in [0.25, 0.3) is 0 Å². The van der Waals surface area contributed by atoms with Gasteiger partial charge in [-0.05, 0) is 19.9 Å². The predicted octanol–water partition coefficient (Wildman–Crippen LogP) is 2.50. The minimum Gasteiger partial charge on any atom is -0.496 e. The molecule has 0 radical (unpaired) electrons. The van der Waals surface area contributed by atoms with Crippen LogP contribution in [0.5, 0.6) is 17.2 Å². The first-order valence-corrected chi connectivity index (χ1v) is 5.97. The maximum absolute atomic E-state index is 5.42. The van der Waals surface area contributed by atoms with Crippen molar-refractivity contribution >= 4 is 0 Å². The first-order valence-electron chi connectivity index (χ1n) is 5.97. The summed E-state index contributed by atoms with van der Waals surface area (Å²) in [7, 11) is 1.62. The van der Waals surface area contributed by atoms with Crippen molar-refractivity contribution in [2.24, 2.45) is 0 Å². The quantitative estimate of drug-likeness (QED) is 0.828. The molecule has 3 rings (SSSR count). The number of methoxy groups -OCH3 is 1. The Morgan fingerprint density at radius 3 is 2.63 bits per heavy atom. The normalized spacial score (nSPS) is 12.6. The van der Waals surface area contributed by atoms with Crippen molar-refractivity contribution in [3.63, 3.8) is 0 Å². The lowest BCUT2D eigenvalue weighted by Crippen LogP contribution is -1.97. The number of hydrogen-bond donors (Lipinski definition) is 0. The summed E-state index contributed by atoms with van der Waals surface area (Å²) in [5, 5.41) is 0. The Morgan fingerprint density at radius 2 is 1.89 bits per heavy atom. The van der Waals surface area contributed by atoms with Gasteiger partial charge >= 0.3 is 0 Å². The molecule has 1 aliphatic heterocycles. The third kappa shape index (κ3) is 1.97. The van der Waals surface area contributed by atoms with E-state index in [1.807, 2.05) is 26.0 Å². The van der Waals surface area contributed by atoms with Crippen LogP contribution < -0.4 is 14.2 Å². The van der Waals surface area contributed by atoms with Crippen LogP contribution in [0.4, 0.5) is 0 Å². The summed E-state index contributed by atoms with van der Waals surface area (Å²) in [5.74, 6) is 2.10. The van der Waals surface area contributed by atoms with Gasteiger partial charge in [-0.15, -0.1) is 0 Å². The minimum absolute atomic E-state index is 0.237. The van der Waals surface area contributed by atoms with Crippen molar-refractivity contribution < 1.29 is 14.2 Å². The molecule has 19 heavy (non-hydrogen) atoms. The second-order valence-corrected chi connectivity index (χ2v) is 4.35. The maximum atomic E-state index is 5.42. The van der Waals surface area contributed by atoms with Gasteiger partial charge in [0.15, 0.2) is 11.5 Å². The fraction of sp³-hybridized carbons (Fsp3) is 0.286. The van der Waals surface area contributed by atoms with Gasteiger partial charge in [0.2, 0.25) is 6.79 Å². The van der Waals surface area contributed by atoms with E-state index in [-0.39, 0.29) is 6.79 Å². The summed E-state index contributed by atoms with van der Waals surface area (Å²) in [5.41, 5.74) is 3.37. The topological polar surface area (TPSA) is 53.5 Å². The molecule has 0 fully saturated rings. The summed E-state index contributed by atoms with van der Waals surface area (Å²) in [4.78, 5) is 8.87. The average molecular weight is 258 g/mol. The number of ether oxygens (including phenoxy) is 3. The fourth-order valence-corrected chi connectivity index (χ4v) is 2.07. The molecule has 5 heteroatoms. The molecule has 0 bridgehead atoms. The molecule has 2 aromatic rings. The fourth-order valence-electron chi connectivity index (χ4n) is 2.07. The van der Waals surface area contributed by atoms with Crippen LogP contribution in [-0.2, 0) is 0 Å². The van der Waals surface area contributed by atoms with E-state index < -0.39 is 0 Å². The van der Waals surface area contributed by atoms with Crippen LogP contribution in [0.2, 0.25) is 0 Å². The molecule has 0 N–H and O–H groups in total. The number of nitrogens with zero attached hydrogens (tertiary/aromatic N) is 2. The summed E-state index contributed by atoms with van der Waals surface area (Å²) < 4.78 is 16.2. The zero-order valence-corrected chi connectivity index (χ0v) is 11.1. The SMILES string of the molecule is COc1cc2c(cc1-c1nc(C)cnc1C)OCO2. The molecular formula is C14H14N2O3. The van der Waals surface area contributed by atoms with Crippen LogP contribution in [0.25, 0.3) is 11.3 Å². The smallest absolute Gasteiger partial charge is 0.231 e. The molecule has 1 aliphatic rings. The van der Waals surface area contributed by atoms with Crippen molar-refractivity contribution in [1.29, 1.82) is 0 Å². The molecular weight excluding hydrogens is 244 g/mol. The van der Waals surface area contributed by atoms with Crippen molar-refractivity contribution in [3.8, 4) is 28.5 Å². The van der Waals surface area contributed by atoms with Crippen LogP contribution in [0, 0.1) is 13.8 Å². The molecule has 0 unspecified atom stereocenters. The Morgan fingerprint density at radius 1 is 1.16 bits per heavy atom. The Kier molecular flexibility index (Phi) is 2.74. The van der Waals surface area contributed by atoms with Gasteiger partial charge in [0, 0.05) is 17.8 Å². The van der Waals surface area contributed by atoms with Gasteiger partial charge in [-0.1, -0.05) is 0 Å². The van der Waals surface area contributed by atoms with Gasteiger partial charge in [-0.2, -0.15) is 0 Å². The third-order valence-corrected chi connectivity index (χ3v) is 3.03. The van der Waals surface area contributed by atoms with E-state index in [1.165, 1.54) is 0 Å². The van der Waals surface area contributed by atoms with Crippen LogP contribution in [0.1, 0.15) is 11.4 Å². The molecule has 5 nitrogen and oxygen atoms in total. The van der Waals surface area contributed by atoms with Crippen molar-refractivity contribution in [3.05, 3.63) is 29.7 Å². The number of hydrogen-bond acceptors (Lipinski definition) is 5. The average Bonchev–Trinajstić information content (AvgIpc) is 2.87.